The lowest BCUT2D eigenvalue weighted by Crippen LogP contribution is -2.28. The Bertz CT molecular complexity index is 1050. The van der Waals surface area contributed by atoms with Crippen LogP contribution in [0.15, 0.2) is 47.3 Å². The molecule has 0 unspecified atom stereocenters. The van der Waals surface area contributed by atoms with Crippen molar-refractivity contribution in [1.29, 1.82) is 0 Å². The molecular formula is C21H21N3O2. The summed E-state index contributed by atoms with van der Waals surface area (Å²) in [5.74, 6) is 0.627. The molecule has 5 nitrogen and oxygen atoms in total. The molecule has 0 fully saturated rings. The van der Waals surface area contributed by atoms with Gasteiger partial charge in [0.2, 0.25) is 0 Å². The molecule has 1 amide bonds. The third-order valence-corrected chi connectivity index (χ3v) is 4.92. The smallest absolute Gasteiger partial charge is 0.261 e. The number of rotatable bonds is 3. The SMILES string of the molecule is CCc1cccc(NC(=O)c2ccc3c(=O)n4c(nc3c2)CCCC4)c1. The Labute approximate surface area is 151 Å². The van der Waals surface area contributed by atoms with E-state index in [1.807, 2.05) is 24.3 Å². The minimum Gasteiger partial charge on any atom is -0.322 e. The quantitative estimate of drug-likeness (QED) is 0.788. The third kappa shape index (κ3) is 3.01. The maximum Gasteiger partial charge on any atom is 0.261 e. The minimum absolute atomic E-state index is 0.00712. The van der Waals surface area contributed by atoms with Crippen molar-refractivity contribution < 1.29 is 4.79 Å². The van der Waals surface area contributed by atoms with Gasteiger partial charge in [-0.05, 0) is 55.2 Å². The Morgan fingerprint density at radius 3 is 2.92 bits per heavy atom. The summed E-state index contributed by atoms with van der Waals surface area (Å²) in [5, 5.41) is 3.49. The number of aromatic nitrogens is 2. The van der Waals surface area contributed by atoms with Gasteiger partial charge in [-0.1, -0.05) is 19.1 Å². The van der Waals surface area contributed by atoms with Crippen molar-refractivity contribution in [1.82, 2.24) is 9.55 Å². The van der Waals surface area contributed by atoms with E-state index in [2.05, 4.69) is 17.2 Å². The largest absolute Gasteiger partial charge is 0.322 e. The van der Waals surface area contributed by atoms with Gasteiger partial charge in [0.1, 0.15) is 5.82 Å². The van der Waals surface area contributed by atoms with Crippen LogP contribution in [0.2, 0.25) is 0 Å². The standard InChI is InChI=1S/C21H21N3O2/c1-2-14-6-5-7-16(12-14)22-20(25)15-9-10-17-18(13-15)23-19-8-3-4-11-24(19)21(17)26/h5-7,9-10,12-13H,2-4,8,11H2,1H3,(H,22,25). The van der Waals surface area contributed by atoms with Crippen molar-refractivity contribution in [3.05, 3.63) is 69.8 Å². The fraction of sp³-hybridized carbons (Fsp3) is 0.286. The second kappa shape index (κ2) is 6.75. The van der Waals surface area contributed by atoms with Gasteiger partial charge in [-0.3, -0.25) is 14.2 Å². The van der Waals surface area contributed by atoms with E-state index in [1.54, 1.807) is 22.8 Å². The number of amides is 1. The summed E-state index contributed by atoms with van der Waals surface area (Å²) < 4.78 is 1.77. The molecule has 1 N–H and O–H groups in total. The minimum atomic E-state index is -0.195. The summed E-state index contributed by atoms with van der Waals surface area (Å²) in [5.41, 5.74) is 3.04. The second-order valence-electron chi connectivity index (χ2n) is 6.68. The van der Waals surface area contributed by atoms with Crippen molar-refractivity contribution in [3.63, 3.8) is 0 Å². The van der Waals surface area contributed by atoms with Crippen LogP contribution in [0.25, 0.3) is 10.9 Å². The van der Waals surface area contributed by atoms with Crippen molar-refractivity contribution in [2.45, 2.75) is 39.2 Å². The lowest BCUT2D eigenvalue weighted by atomic mass is 10.1. The highest BCUT2D eigenvalue weighted by molar-refractivity contribution is 6.06. The summed E-state index contributed by atoms with van der Waals surface area (Å²) in [6.45, 7) is 2.81. The first kappa shape index (κ1) is 16.5. The third-order valence-electron chi connectivity index (χ3n) is 4.92. The van der Waals surface area contributed by atoms with Gasteiger partial charge in [0.25, 0.3) is 11.5 Å². The number of nitrogens with one attached hydrogen (secondary N) is 1. The van der Waals surface area contributed by atoms with Crippen molar-refractivity contribution >= 4 is 22.5 Å². The van der Waals surface area contributed by atoms with Gasteiger partial charge in [0, 0.05) is 24.2 Å². The fourth-order valence-electron chi connectivity index (χ4n) is 3.46. The molecule has 0 radical (unpaired) electrons. The van der Waals surface area contributed by atoms with E-state index in [0.717, 1.165) is 43.7 Å². The normalized spacial score (nSPS) is 13.4. The number of fused-ring (bicyclic) bond motifs is 2. The number of nitrogens with zero attached hydrogens (tertiary/aromatic N) is 2. The van der Waals surface area contributed by atoms with Crippen molar-refractivity contribution in [3.8, 4) is 0 Å². The van der Waals surface area contributed by atoms with E-state index in [9.17, 15) is 9.59 Å². The van der Waals surface area contributed by atoms with Crippen LogP contribution < -0.4 is 10.9 Å². The Hall–Kier alpha value is -2.95. The maximum atomic E-state index is 12.6. The van der Waals surface area contributed by atoms with E-state index in [1.165, 1.54) is 5.56 Å². The molecule has 0 saturated heterocycles. The predicted molar refractivity (Wildman–Crippen MR) is 103 cm³/mol. The molecule has 0 saturated carbocycles. The van der Waals surface area contributed by atoms with Gasteiger partial charge in [-0.15, -0.1) is 0 Å². The second-order valence-corrected chi connectivity index (χ2v) is 6.68. The Morgan fingerprint density at radius 1 is 1.19 bits per heavy atom. The Balaban J connectivity index is 1.68. The lowest BCUT2D eigenvalue weighted by Gasteiger charge is -2.17. The topological polar surface area (TPSA) is 64.0 Å². The fourth-order valence-corrected chi connectivity index (χ4v) is 3.46. The molecule has 1 aliphatic heterocycles. The van der Waals surface area contributed by atoms with E-state index < -0.39 is 0 Å². The molecule has 26 heavy (non-hydrogen) atoms. The Morgan fingerprint density at radius 2 is 2.08 bits per heavy atom. The average Bonchev–Trinajstić information content (AvgIpc) is 2.68. The van der Waals surface area contributed by atoms with Crippen LogP contribution in [0.4, 0.5) is 5.69 Å². The van der Waals surface area contributed by atoms with Gasteiger partial charge in [-0.2, -0.15) is 0 Å². The van der Waals surface area contributed by atoms with Gasteiger partial charge in [0.05, 0.1) is 10.9 Å². The average molecular weight is 347 g/mol. The zero-order valence-electron chi connectivity index (χ0n) is 14.8. The predicted octanol–water partition coefficient (Wildman–Crippen LogP) is 3.55. The van der Waals surface area contributed by atoms with E-state index >= 15 is 0 Å². The van der Waals surface area contributed by atoms with E-state index in [-0.39, 0.29) is 11.5 Å². The van der Waals surface area contributed by atoms with Gasteiger partial charge in [0.15, 0.2) is 0 Å². The summed E-state index contributed by atoms with van der Waals surface area (Å²) in [6, 6.07) is 12.9. The molecule has 5 heteroatoms. The molecule has 0 spiro atoms. The first-order valence-corrected chi connectivity index (χ1v) is 9.09. The first-order valence-electron chi connectivity index (χ1n) is 9.09. The summed E-state index contributed by atoms with van der Waals surface area (Å²) in [4.78, 5) is 29.9. The number of aryl methyl sites for hydroxylation is 2. The van der Waals surface area contributed by atoms with Crippen LogP contribution in [0, 0.1) is 0 Å². The maximum absolute atomic E-state index is 12.6. The summed E-state index contributed by atoms with van der Waals surface area (Å²) in [7, 11) is 0. The van der Waals surface area contributed by atoms with E-state index in [4.69, 9.17) is 0 Å². The van der Waals surface area contributed by atoms with Crippen LogP contribution in [0.3, 0.4) is 0 Å². The molecule has 3 aromatic rings. The first-order chi connectivity index (χ1) is 12.7. The number of carbonyl (C=O) groups is 1. The number of carbonyl (C=O) groups excluding carboxylic acids is 1. The van der Waals surface area contributed by atoms with Gasteiger partial charge < -0.3 is 5.32 Å². The van der Waals surface area contributed by atoms with Crippen LogP contribution in [-0.4, -0.2) is 15.5 Å². The molecule has 1 aromatic heterocycles. The molecule has 0 bridgehead atoms. The van der Waals surface area contributed by atoms with Crippen LogP contribution in [0.1, 0.15) is 41.5 Å². The van der Waals surface area contributed by atoms with E-state index in [0.29, 0.717) is 16.5 Å². The van der Waals surface area contributed by atoms with Gasteiger partial charge >= 0.3 is 0 Å². The van der Waals surface area contributed by atoms with Gasteiger partial charge in [-0.25, -0.2) is 4.98 Å². The molecule has 1 aliphatic rings. The molecule has 4 rings (SSSR count). The number of benzene rings is 2. The van der Waals surface area contributed by atoms with Crippen LogP contribution in [0.5, 0.6) is 0 Å². The molecule has 0 atom stereocenters. The molecule has 0 aliphatic carbocycles. The Kier molecular flexibility index (Phi) is 4.29. The highest BCUT2D eigenvalue weighted by Gasteiger charge is 2.16. The van der Waals surface area contributed by atoms with Crippen LogP contribution in [-0.2, 0) is 19.4 Å². The highest BCUT2D eigenvalue weighted by Crippen LogP contribution is 2.18. The zero-order chi connectivity index (χ0) is 18.1. The molecular weight excluding hydrogens is 326 g/mol. The number of anilines is 1. The zero-order valence-corrected chi connectivity index (χ0v) is 14.8. The monoisotopic (exact) mass is 347 g/mol. The molecule has 132 valence electrons. The lowest BCUT2D eigenvalue weighted by molar-refractivity contribution is 0.102. The molecule has 2 aromatic carbocycles. The summed E-state index contributed by atoms with van der Waals surface area (Å²) >= 11 is 0. The highest BCUT2D eigenvalue weighted by atomic mass is 16.1. The molecule has 2 heterocycles. The van der Waals surface area contributed by atoms with Crippen LogP contribution >= 0.6 is 0 Å². The summed E-state index contributed by atoms with van der Waals surface area (Å²) in [6.07, 6.45) is 3.79. The van der Waals surface area contributed by atoms with Crippen molar-refractivity contribution in [2.75, 3.05) is 5.32 Å². The van der Waals surface area contributed by atoms with Crippen molar-refractivity contribution in [2.24, 2.45) is 0 Å². The number of hydrogen-bond donors (Lipinski definition) is 1. The number of hydrogen-bond acceptors (Lipinski definition) is 3.